The summed E-state index contributed by atoms with van der Waals surface area (Å²) in [4.78, 5) is 36.2. The van der Waals surface area contributed by atoms with E-state index >= 15 is 0 Å². The van der Waals surface area contributed by atoms with E-state index in [2.05, 4.69) is 4.98 Å². The number of piperidine rings is 1. The smallest absolute Gasteiger partial charge is 0.258 e. The number of aryl methyl sites for hydroxylation is 1. The van der Waals surface area contributed by atoms with Crippen molar-refractivity contribution in [2.45, 2.75) is 12.5 Å². The number of aliphatic hydroxyl groups excluding tert-OH is 2. The van der Waals surface area contributed by atoms with Gasteiger partial charge in [-0.1, -0.05) is 6.07 Å². The summed E-state index contributed by atoms with van der Waals surface area (Å²) in [7, 11) is 1.72. The number of rotatable bonds is 3. The van der Waals surface area contributed by atoms with Gasteiger partial charge >= 0.3 is 0 Å². The molecule has 33 heavy (non-hydrogen) atoms. The molecule has 4 aromatic rings. The van der Waals surface area contributed by atoms with Crippen LogP contribution in [0.3, 0.4) is 0 Å². The number of hydrogen-bond donors (Lipinski definition) is 2. The Morgan fingerprint density at radius 2 is 2.00 bits per heavy atom. The highest BCUT2D eigenvalue weighted by Crippen LogP contribution is 2.24. The van der Waals surface area contributed by atoms with Crippen LogP contribution < -0.4 is 5.56 Å². The van der Waals surface area contributed by atoms with Crippen LogP contribution in [0.25, 0.3) is 33.1 Å². The van der Waals surface area contributed by atoms with Gasteiger partial charge in [-0.25, -0.2) is 4.98 Å². The molecule has 168 valence electrons. The predicted molar refractivity (Wildman–Crippen MR) is 125 cm³/mol. The van der Waals surface area contributed by atoms with Crippen LogP contribution in [0.2, 0.25) is 0 Å². The number of pyridine rings is 1. The van der Waals surface area contributed by atoms with E-state index in [0.29, 0.717) is 40.6 Å². The summed E-state index contributed by atoms with van der Waals surface area (Å²) in [6.07, 6.45) is 3.25. The molecule has 2 aromatic carbocycles. The molecule has 2 atom stereocenters. The molecule has 1 saturated heterocycles. The Morgan fingerprint density at radius 1 is 1.15 bits per heavy atom. The minimum absolute atomic E-state index is 0.0556. The predicted octanol–water partition coefficient (Wildman–Crippen LogP) is 1.96. The zero-order valence-corrected chi connectivity index (χ0v) is 18.2. The van der Waals surface area contributed by atoms with E-state index in [4.69, 9.17) is 4.98 Å². The number of β-amino-alcohol motifs (C(OH)–C–C–N with tert-alkyl or cyclic N) is 1. The van der Waals surface area contributed by atoms with Gasteiger partial charge in [0, 0.05) is 55.4 Å². The summed E-state index contributed by atoms with van der Waals surface area (Å²) in [5, 5.41) is 21.0. The number of aromatic nitrogens is 3. The van der Waals surface area contributed by atoms with Gasteiger partial charge in [0.05, 0.1) is 29.0 Å². The molecule has 0 spiro atoms. The van der Waals surface area contributed by atoms with Crippen LogP contribution in [0.4, 0.5) is 0 Å². The Hall–Kier alpha value is -3.62. The number of carbonyl (C=O) groups is 1. The number of likely N-dealkylation sites (tertiary alicyclic amines) is 1. The zero-order valence-electron chi connectivity index (χ0n) is 18.2. The van der Waals surface area contributed by atoms with Crippen molar-refractivity contribution in [1.82, 2.24) is 19.4 Å². The maximum Gasteiger partial charge on any atom is 0.258 e. The first-order valence-corrected chi connectivity index (χ1v) is 10.9. The van der Waals surface area contributed by atoms with Gasteiger partial charge in [-0.05, 0) is 48.2 Å². The van der Waals surface area contributed by atoms with Crippen LogP contribution in [0, 0.1) is 5.92 Å². The summed E-state index contributed by atoms with van der Waals surface area (Å²) in [5.41, 5.74) is 3.16. The highest BCUT2D eigenvalue weighted by molar-refractivity contribution is 5.97. The molecule has 5 rings (SSSR count). The van der Waals surface area contributed by atoms with Crippen LogP contribution in [0.1, 0.15) is 16.8 Å². The van der Waals surface area contributed by atoms with E-state index in [0.717, 1.165) is 10.9 Å². The molecule has 1 aliphatic heterocycles. The summed E-state index contributed by atoms with van der Waals surface area (Å²) in [6.45, 7) is 0.604. The maximum atomic E-state index is 13.0. The summed E-state index contributed by atoms with van der Waals surface area (Å²) in [6, 6.07) is 12.6. The molecular formula is C25H24N4O4. The van der Waals surface area contributed by atoms with Crippen LogP contribution >= 0.6 is 0 Å². The topological polar surface area (TPSA) is 109 Å². The molecular weight excluding hydrogens is 420 g/mol. The molecule has 1 fully saturated rings. The Morgan fingerprint density at radius 3 is 2.79 bits per heavy atom. The number of carbonyl (C=O) groups excluding carboxylic acids is 1. The average molecular weight is 444 g/mol. The standard InChI is InChI=1S/C25H24N4O4/c1-28-8-6-15-10-16(2-4-19(15)25(28)33)22-12-26-20-5-3-17(11-21(20)27-22)24(32)29-9-7-18(14-30)23(31)13-29/h2-6,8,10-12,18,23,30-31H,7,9,13-14H2,1H3/t18-,23+/m1/s1. The second-order valence-electron chi connectivity index (χ2n) is 8.54. The average Bonchev–Trinajstić information content (AvgIpc) is 2.85. The van der Waals surface area contributed by atoms with E-state index in [1.807, 2.05) is 18.2 Å². The van der Waals surface area contributed by atoms with E-state index in [-0.39, 0.29) is 30.5 Å². The van der Waals surface area contributed by atoms with Crippen molar-refractivity contribution in [3.63, 3.8) is 0 Å². The number of aliphatic hydroxyl groups is 2. The molecule has 8 nitrogen and oxygen atoms in total. The van der Waals surface area contributed by atoms with Gasteiger partial charge in [-0.15, -0.1) is 0 Å². The molecule has 2 N–H and O–H groups in total. The van der Waals surface area contributed by atoms with Gasteiger partial charge in [0.1, 0.15) is 0 Å². The van der Waals surface area contributed by atoms with Gasteiger partial charge < -0.3 is 19.7 Å². The first-order chi connectivity index (χ1) is 15.9. The van der Waals surface area contributed by atoms with Crippen LogP contribution in [-0.2, 0) is 7.05 Å². The lowest BCUT2D eigenvalue weighted by Gasteiger charge is -2.35. The van der Waals surface area contributed by atoms with E-state index < -0.39 is 6.10 Å². The summed E-state index contributed by atoms with van der Waals surface area (Å²) < 4.78 is 1.54. The zero-order chi connectivity index (χ0) is 23.1. The third-order valence-electron chi connectivity index (χ3n) is 6.41. The third-order valence-corrected chi connectivity index (χ3v) is 6.41. The number of amides is 1. The van der Waals surface area contributed by atoms with Gasteiger partial charge in [-0.2, -0.15) is 0 Å². The Kier molecular flexibility index (Phi) is 5.39. The molecule has 1 aliphatic rings. The Bertz CT molecular complexity index is 1430. The van der Waals surface area contributed by atoms with Crippen molar-refractivity contribution in [3.8, 4) is 11.3 Å². The molecule has 0 aliphatic carbocycles. The lowest BCUT2D eigenvalue weighted by atomic mass is 9.94. The minimum Gasteiger partial charge on any atom is -0.396 e. The van der Waals surface area contributed by atoms with Gasteiger partial charge in [0.25, 0.3) is 11.5 Å². The molecule has 0 bridgehead atoms. The van der Waals surface area contributed by atoms with E-state index in [1.54, 1.807) is 53.2 Å². The molecule has 1 amide bonds. The second kappa shape index (κ2) is 8.38. The molecule has 0 saturated carbocycles. The second-order valence-corrected chi connectivity index (χ2v) is 8.54. The number of hydrogen-bond acceptors (Lipinski definition) is 6. The number of nitrogens with zero attached hydrogens (tertiary/aromatic N) is 4. The Balaban J connectivity index is 1.47. The van der Waals surface area contributed by atoms with Crippen molar-refractivity contribution >= 4 is 27.7 Å². The number of fused-ring (bicyclic) bond motifs is 2. The van der Waals surface area contributed by atoms with Crippen molar-refractivity contribution in [2.75, 3.05) is 19.7 Å². The molecule has 0 radical (unpaired) electrons. The van der Waals surface area contributed by atoms with Gasteiger partial charge in [-0.3, -0.25) is 14.6 Å². The fourth-order valence-corrected chi connectivity index (χ4v) is 4.35. The van der Waals surface area contributed by atoms with Crippen LogP contribution in [0.15, 0.2) is 59.7 Å². The third kappa shape index (κ3) is 3.88. The number of benzene rings is 2. The first-order valence-electron chi connectivity index (χ1n) is 10.9. The maximum absolute atomic E-state index is 13.0. The molecule has 8 heteroatoms. The molecule has 2 aromatic heterocycles. The largest absolute Gasteiger partial charge is 0.396 e. The first kappa shape index (κ1) is 21.2. The van der Waals surface area contributed by atoms with Crippen molar-refractivity contribution in [2.24, 2.45) is 13.0 Å². The molecule has 0 unspecified atom stereocenters. The highest BCUT2D eigenvalue weighted by atomic mass is 16.3. The Labute approximate surface area is 189 Å². The van der Waals surface area contributed by atoms with Crippen molar-refractivity contribution in [1.29, 1.82) is 0 Å². The van der Waals surface area contributed by atoms with E-state index in [9.17, 15) is 19.8 Å². The SMILES string of the molecule is Cn1ccc2cc(-c3cnc4ccc(C(=O)N5CC[C@H](CO)[C@@H](O)C5)cc4n3)ccc2c1=O. The van der Waals surface area contributed by atoms with E-state index in [1.165, 1.54) is 0 Å². The fourth-order valence-electron chi connectivity index (χ4n) is 4.35. The molecule has 3 heterocycles. The highest BCUT2D eigenvalue weighted by Gasteiger charge is 2.30. The summed E-state index contributed by atoms with van der Waals surface area (Å²) in [5.74, 6) is -0.373. The van der Waals surface area contributed by atoms with Crippen LogP contribution in [-0.4, -0.2) is 61.4 Å². The lowest BCUT2D eigenvalue weighted by molar-refractivity contribution is 0.000883. The van der Waals surface area contributed by atoms with Gasteiger partial charge in [0.2, 0.25) is 0 Å². The monoisotopic (exact) mass is 444 g/mol. The summed E-state index contributed by atoms with van der Waals surface area (Å²) >= 11 is 0. The lowest BCUT2D eigenvalue weighted by Crippen LogP contribution is -2.47. The minimum atomic E-state index is -0.732. The van der Waals surface area contributed by atoms with Crippen molar-refractivity contribution < 1.29 is 15.0 Å². The van der Waals surface area contributed by atoms with Crippen molar-refractivity contribution in [3.05, 3.63) is 70.8 Å². The normalized spacial score (nSPS) is 18.7. The van der Waals surface area contributed by atoms with Crippen LogP contribution in [0.5, 0.6) is 0 Å². The van der Waals surface area contributed by atoms with Gasteiger partial charge in [0.15, 0.2) is 0 Å². The quantitative estimate of drug-likeness (QED) is 0.500. The fraction of sp³-hybridized carbons (Fsp3) is 0.280.